The largest absolute Gasteiger partial charge is 0.468 e. The summed E-state index contributed by atoms with van der Waals surface area (Å²) in [5.74, 6) is -0.215. The molecule has 5 nitrogen and oxygen atoms in total. The van der Waals surface area contributed by atoms with Crippen molar-refractivity contribution in [2.45, 2.75) is 58.2 Å². The second kappa shape index (κ2) is 7.64. The second-order valence-electron chi connectivity index (χ2n) is 5.50. The Kier molecular flexibility index (Phi) is 6.49. The van der Waals surface area contributed by atoms with Gasteiger partial charge in [0, 0.05) is 18.8 Å². The smallest absolute Gasteiger partial charge is 0.325 e. The van der Waals surface area contributed by atoms with Crippen molar-refractivity contribution in [3.8, 4) is 0 Å². The average molecular weight is 302 g/mol. The van der Waals surface area contributed by atoms with Crippen LogP contribution < -0.4 is 5.32 Å². The Hall–Kier alpha value is -1.07. The lowest BCUT2D eigenvalue weighted by Gasteiger charge is -2.30. The van der Waals surface area contributed by atoms with Gasteiger partial charge in [-0.2, -0.15) is 5.10 Å². The molecule has 114 valence electrons. The predicted octanol–water partition coefficient (Wildman–Crippen LogP) is 2.64. The van der Waals surface area contributed by atoms with Crippen LogP contribution in [-0.2, 0) is 16.1 Å². The van der Waals surface area contributed by atoms with E-state index in [0.29, 0.717) is 5.02 Å². The normalized spacial score (nSPS) is 14.3. The second-order valence-corrected chi connectivity index (χ2v) is 5.94. The zero-order valence-corrected chi connectivity index (χ0v) is 13.4. The van der Waals surface area contributed by atoms with Crippen molar-refractivity contribution in [1.29, 1.82) is 0 Å². The number of esters is 1. The van der Waals surface area contributed by atoms with Gasteiger partial charge >= 0.3 is 5.97 Å². The highest BCUT2D eigenvalue weighted by Crippen LogP contribution is 2.17. The number of carbonyl (C=O) groups excluding carboxylic acids is 1. The number of rotatable bonds is 8. The number of carbonyl (C=O) groups is 1. The minimum Gasteiger partial charge on any atom is -0.468 e. The highest BCUT2D eigenvalue weighted by Gasteiger charge is 2.33. The molecule has 0 aliphatic heterocycles. The molecule has 0 aliphatic carbocycles. The van der Waals surface area contributed by atoms with Gasteiger partial charge in [-0.05, 0) is 40.0 Å². The number of aromatic nitrogens is 2. The van der Waals surface area contributed by atoms with E-state index < -0.39 is 5.54 Å². The van der Waals surface area contributed by atoms with Crippen LogP contribution >= 0.6 is 11.6 Å². The maximum atomic E-state index is 11.9. The Morgan fingerprint density at radius 3 is 2.75 bits per heavy atom. The Balaban J connectivity index is 2.44. The third-order valence-electron chi connectivity index (χ3n) is 3.16. The van der Waals surface area contributed by atoms with Gasteiger partial charge in [-0.3, -0.25) is 14.8 Å². The van der Waals surface area contributed by atoms with Gasteiger partial charge in [-0.15, -0.1) is 0 Å². The highest BCUT2D eigenvalue weighted by molar-refractivity contribution is 6.30. The number of hydrogen-bond donors (Lipinski definition) is 1. The molecule has 1 heterocycles. The molecular formula is C14H24ClN3O2. The standard InChI is InChI=1S/C14H24ClN3O2/c1-11(2)17-14(3,13(19)20-4)7-5-6-8-18-10-12(15)9-16-18/h9-11,17H,5-8H2,1-4H3. The van der Waals surface area contributed by atoms with Crippen LogP contribution in [0.2, 0.25) is 5.02 Å². The van der Waals surface area contributed by atoms with Crippen LogP contribution in [-0.4, -0.2) is 34.4 Å². The Morgan fingerprint density at radius 2 is 2.25 bits per heavy atom. The average Bonchev–Trinajstić information content (AvgIpc) is 2.78. The zero-order chi connectivity index (χ0) is 15.2. The van der Waals surface area contributed by atoms with Gasteiger partial charge in [0.25, 0.3) is 0 Å². The van der Waals surface area contributed by atoms with Crippen molar-refractivity contribution in [3.63, 3.8) is 0 Å². The first kappa shape index (κ1) is 17.0. The summed E-state index contributed by atoms with van der Waals surface area (Å²) in [5.41, 5.74) is -0.634. The number of nitrogens with one attached hydrogen (secondary N) is 1. The van der Waals surface area contributed by atoms with Crippen LogP contribution in [0.5, 0.6) is 0 Å². The van der Waals surface area contributed by atoms with Gasteiger partial charge < -0.3 is 4.74 Å². The third-order valence-corrected chi connectivity index (χ3v) is 3.35. The van der Waals surface area contributed by atoms with Crippen LogP contribution in [0.15, 0.2) is 12.4 Å². The maximum Gasteiger partial charge on any atom is 0.325 e. The molecule has 0 aromatic carbocycles. The molecule has 0 fully saturated rings. The number of hydrogen-bond acceptors (Lipinski definition) is 4. The number of halogens is 1. The number of unbranched alkanes of at least 4 members (excludes halogenated alkanes) is 1. The maximum absolute atomic E-state index is 11.9. The van der Waals surface area contributed by atoms with E-state index in [1.807, 2.05) is 25.5 Å². The van der Waals surface area contributed by atoms with Gasteiger partial charge in [0.15, 0.2) is 0 Å². The lowest BCUT2D eigenvalue weighted by atomic mass is 9.94. The van der Waals surface area contributed by atoms with Gasteiger partial charge in [-0.25, -0.2) is 0 Å². The molecule has 1 N–H and O–H groups in total. The third kappa shape index (κ3) is 5.13. The SMILES string of the molecule is COC(=O)C(C)(CCCCn1cc(Cl)cn1)NC(C)C. The molecule has 0 saturated carbocycles. The van der Waals surface area contributed by atoms with Crippen LogP contribution in [0.3, 0.4) is 0 Å². The molecule has 1 rings (SSSR count). The predicted molar refractivity (Wildman–Crippen MR) is 79.8 cm³/mol. The van der Waals surface area contributed by atoms with E-state index in [0.717, 1.165) is 25.8 Å². The summed E-state index contributed by atoms with van der Waals surface area (Å²) in [5, 5.41) is 8.06. The first-order valence-corrected chi connectivity index (χ1v) is 7.29. The van der Waals surface area contributed by atoms with Gasteiger partial charge in [0.1, 0.15) is 5.54 Å². The van der Waals surface area contributed by atoms with Crippen LogP contribution in [0.25, 0.3) is 0 Å². The number of nitrogens with zero attached hydrogens (tertiary/aromatic N) is 2. The van der Waals surface area contributed by atoms with E-state index in [-0.39, 0.29) is 12.0 Å². The Morgan fingerprint density at radius 1 is 1.55 bits per heavy atom. The summed E-state index contributed by atoms with van der Waals surface area (Å²) in [6.45, 7) is 6.73. The summed E-state index contributed by atoms with van der Waals surface area (Å²) in [6, 6.07) is 0.226. The summed E-state index contributed by atoms with van der Waals surface area (Å²) in [4.78, 5) is 11.9. The van der Waals surface area contributed by atoms with Crippen molar-refractivity contribution < 1.29 is 9.53 Å². The molecular weight excluding hydrogens is 278 g/mol. The first-order valence-electron chi connectivity index (χ1n) is 6.91. The van der Waals surface area contributed by atoms with E-state index in [9.17, 15) is 4.79 Å². The van der Waals surface area contributed by atoms with Crippen LogP contribution in [0.4, 0.5) is 0 Å². The molecule has 6 heteroatoms. The summed E-state index contributed by atoms with van der Waals surface area (Å²) < 4.78 is 6.71. The van der Waals surface area contributed by atoms with E-state index in [1.165, 1.54) is 7.11 Å². The van der Waals surface area contributed by atoms with Crippen molar-refractivity contribution >= 4 is 17.6 Å². The molecule has 0 amide bonds. The lowest BCUT2D eigenvalue weighted by molar-refractivity contribution is -0.148. The first-order chi connectivity index (χ1) is 9.37. The molecule has 20 heavy (non-hydrogen) atoms. The monoisotopic (exact) mass is 301 g/mol. The Labute approximate surface area is 125 Å². The van der Waals surface area contributed by atoms with Gasteiger partial charge in [0.2, 0.25) is 0 Å². The molecule has 1 aromatic rings. The quantitative estimate of drug-likeness (QED) is 0.592. The van der Waals surface area contributed by atoms with E-state index in [4.69, 9.17) is 16.3 Å². The number of ether oxygens (including phenoxy) is 1. The molecule has 0 aliphatic rings. The molecule has 0 saturated heterocycles. The van der Waals surface area contributed by atoms with Crippen molar-refractivity contribution in [2.75, 3.05) is 7.11 Å². The summed E-state index contributed by atoms with van der Waals surface area (Å²) in [6.07, 6.45) is 5.99. The molecule has 1 atom stereocenters. The summed E-state index contributed by atoms with van der Waals surface area (Å²) >= 11 is 5.81. The number of methoxy groups -OCH3 is 1. The molecule has 0 bridgehead atoms. The topological polar surface area (TPSA) is 56.2 Å². The van der Waals surface area contributed by atoms with Crippen molar-refractivity contribution in [3.05, 3.63) is 17.4 Å². The fourth-order valence-corrected chi connectivity index (χ4v) is 2.46. The van der Waals surface area contributed by atoms with Gasteiger partial charge in [0.05, 0.1) is 18.3 Å². The van der Waals surface area contributed by atoms with E-state index in [1.54, 1.807) is 12.4 Å². The zero-order valence-electron chi connectivity index (χ0n) is 12.6. The van der Waals surface area contributed by atoms with Crippen LogP contribution in [0.1, 0.15) is 40.0 Å². The van der Waals surface area contributed by atoms with Crippen LogP contribution in [0, 0.1) is 0 Å². The fraction of sp³-hybridized carbons (Fsp3) is 0.714. The Bertz CT molecular complexity index is 434. The molecule has 1 aromatic heterocycles. The molecule has 0 spiro atoms. The highest BCUT2D eigenvalue weighted by atomic mass is 35.5. The van der Waals surface area contributed by atoms with Crippen molar-refractivity contribution in [1.82, 2.24) is 15.1 Å². The fourth-order valence-electron chi connectivity index (χ4n) is 2.31. The number of aryl methyl sites for hydroxylation is 1. The minimum atomic E-state index is -0.634. The van der Waals surface area contributed by atoms with E-state index >= 15 is 0 Å². The van der Waals surface area contributed by atoms with Crippen molar-refractivity contribution in [2.24, 2.45) is 0 Å². The lowest BCUT2D eigenvalue weighted by Crippen LogP contribution is -2.52. The minimum absolute atomic E-state index is 0.215. The van der Waals surface area contributed by atoms with E-state index in [2.05, 4.69) is 10.4 Å². The molecule has 0 radical (unpaired) electrons. The summed E-state index contributed by atoms with van der Waals surface area (Å²) in [7, 11) is 1.42. The molecule has 1 unspecified atom stereocenters. The van der Waals surface area contributed by atoms with Gasteiger partial charge in [-0.1, -0.05) is 11.6 Å².